The summed E-state index contributed by atoms with van der Waals surface area (Å²) in [4.78, 5) is 21.9. The molecule has 0 bridgehead atoms. The van der Waals surface area contributed by atoms with Gasteiger partial charge in [0.25, 0.3) is 0 Å². The van der Waals surface area contributed by atoms with Gasteiger partial charge in [-0.2, -0.15) is 13.2 Å². The van der Waals surface area contributed by atoms with E-state index in [1.807, 2.05) is 0 Å². The van der Waals surface area contributed by atoms with Gasteiger partial charge in [-0.3, -0.25) is 4.79 Å². The third-order valence-corrected chi connectivity index (χ3v) is 2.87. The Labute approximate surface area is 117 Å². The van der Waals surface area contributed by atoms with E-state index in [0.29, 0.717) is 5.56 Å². The van der Waals surface area contributed by atoms with Crippen LogP contribution in [0.1, 0.15) is 21.5 Å². The van der Waals surface area contributed by atoms with Crippen molar-refractivity contribution >= 4 is 11.8 Å². The number of aromatic carboxylic acids is 1. The Kier molecular flexibility index (Phi) is 3.99. The molecule has 0 unspecified atom stereocenters. The molecular weight excluding hydrogens is 289 g/mol. The van der Waals surface area contributed by atoms with E-state index in [9.17, 15) is 22.8 Å². The number of rotatable bonds is 3. The number of ketones is 1. The molecule has 1 aromatic rings. The summed E-state index contributed by atoms with van der Waals surface area (Å²) in [5.41, 5.74) is 1.14. The third kappa shape index (κ3) is 3.60. The Balaban J connectivity index is 2.26. The number of nitrogens with one attached hydrogen (secondary N) is 1. The van der Waals surface area contributed by atoms with E-state index in [4.69, 9.17) is 5.11 Å². The van der Waals surface area contributed by atoms with Gasteiger partial charge >= 0.3 is 12.1 Å². The van der Waals surface area contributed by atoms with Crippen molar-refractivity contribution in [2.45, 2.75) is 12.7 Å². The van der Waals surface area contributed by atoms with Crippen molar-refractivity contribution in [1.82, 2.24) is 10.4 Å². The largest absolute Gasteiger partial charge is 0.478 e. The molecule has 1 aromatic carbocycles. The van der Waals surface area contributed by atoms with Crippen LogP contribution < -0.4 is 5.43 Å². The molecule has 1 heterocycles. The summed E-state index contributed by atoms with van der Waals surface area (Å²) in [7, 11) is 0. The number of hydrogen-bond acceptors (Lipinski definition) is 4. The van der Waals surface area contributed by atoms with Crippen LogP contribution in [0.2, 0.25) is 0 Å². The highest BCUT2D eigenvalue weighted by molar-refractivity contribution is 5.91. The standard InChI is InChI=1S/C13H11F3N2O3/c14-13(15,16)11-2-1-8(5-10(11)12(20)21)7-18-4-3-9(19)6-17-18/h1-5,17H,6-7H2,(H,20,21). The predicted octanol–water partition coefficient (Wildman–Crippen LogP) is 1.81. The number of hydrogen-bond donors (Lipinski definition) is 2. The van der Waals surface area contributed by atoms with Crippen LogP contribution in [0.15, 0.2) is 30.5 Å². The fourth-order valence-corrected chi connectivity index (χ4v) is 1.88. The Morgan fingerprint density at radius 3 is 2.62 bits per heavy atom. The number of carbonyl (C=O) groups is 2. The molecule has 112 valence electrons. The van der Waals surface area contributed by atoms with Crippen molar-refractivity contribution < 1.29 is 27.9 Å². The summed E-state index contributed by atoms with van der Waals surface area (Å²) in [6.07, 6.45) is -1.94. The van der Waals surface area contributed by atoms with Gasteiger partial charge in [-0.25, -0.2) is 10.2 Å². The highest BCUT2D eigenvalue weighted by atomic mass is 19.4. The Morgan fingerprint density at radius 2 is 2.10 bits per heavy atom. The Bertz CT molecular complexity index is 611. The maximum atomic E-state index is 12.7. The zero-order valence-electron chi connectivity index (χ0n) is 10.6. The molecule has 2 N–H and O–H groups in total. The first kappa shape index (κ1) is 15.0. The van der Waals surface area contributed by atoms with Crippen molar-refractivity contribution in [2.75, 3.05) is 6.54 Å². The molecule has 0 aromatic heterocycles. The van der Waals surface area contributed by atoms with Crippen molar-refractivity contribution in [2.24, 2.45) is 0 Å². The lowest BCUT2D eigenvalue weighted by molar-refractivity contribution is -0.138. The summed E-state index contributed by atoms with van der Waals surface area (Å²) in [5, 5.41) is 10.4. The first-order valence-corrected chi connectivity index (χ1v) is 5.92. The molecule has 1 aliphatic rings. The smallest absolute Gasteiger partial charge is 0.417 e. The number of halogens is 3. The van der Waals surface area contributed by atoms with Gasteiger partial charge < -0.3 is 10.1 Å². The van der Waals surface area contributed by atoms with Crippen LogP contribution in [0.5, 0.6) is 0 Å². The van der Waals surface area contributed by atoms with Crippen LogP contribution in [-0.4, -0.2) is 28.4 Å². The second-order valence-corrected chi connectivity index (χ2v) is 4.43. The van der Waals surface area contributed by atoms with Crippen LogP contribution >= 0.6 is 0 Å². The Morgan fingerprint density at radius 1 is 1.38 bits per heavy atom. The van der Waals surface area contributed by atoms with Gasteiger partial charge in [0, 0.05) is 6.20 Å². The van der Waals surface area contributed by atoms with Gasteiger partial charge in [-0.1, -0.05) is 6.07 Å². The second-order valence-electron chi connectivity index (χ2n) is 4.43. The highest BCUT2D eigenvalue weighted by Gasteiger charge is 2.35. The van der Waals surface area contributed by atoms with Gasteiger partial charge in [0.2, 0.25) is 0 Å². The summed E-state index contributed by atoms with van der Waals surface area (Å²) >= 11 is 0. The summed E-state index contributed by atoms with van der Waals surface area (Å²) in [6.45, 7) is 0.227. The molecule has 0 saturated heterocycles. The fourth-order valence-electron chi connectivity index (χ4n) is 1.88. The third-order valence-electron chi connectivity index (χ3n) is 2.87. The van der Waals surface area contributed by atoms with E-state index in [-0.39, 0.29) is 18.9 Å². The van der Waals surface area contributed by atoms with E-state index in [1.165, 1.54) is 23.4 Å². The normalized spacial score (nSPS) is 15.4. The van der Waals surface area contributed by atoms with Crippen LogP contribution in [0.25, 0.3) is 0 Å². The molecule has 2 rings (SSSR count). The van der Waals surface area contributed by atoms with Crippen molar-refractivity contribution in [3.63, 3.8) is 0 Å². The number of nitrogens with zero attached hydrogens (tertiary/aromatic N) is 1. The average Bonchev–Trinajstić information content (AvgIpc) is 2.40. The highest BCUT2D eigenvalue weighted by Crippen LogP contribution is 2.32. The number of carbonyl (C=O) groups excluding carboxylic acids is 1. The van der Waals surface area contributed by atoms with E-state index >= 15 is 0 Å². The lowest BCUT2D eigenvalue weighted by Crippen LogP contribution is -2.39. The van der Waals surface area contributed by atoms with E-state index in [0.717, 1.165) is 12.1 Å². The minimum atomic E-state index is -4.72. The summed E-state index contributed by atoms with van der Waals surface area (Å²) in [6, 6.07) is 2.94. The Hall–Kier alpha value is -2.35. The minimum absolute atomic E-state index is 0.0862. The summed E-state index contributed by atoms with van der Waals surface area (Å²) < 4.78 is 38.1. The molecule has 21 heavy (non-hydrogen) atoms. The van der Waals surface area contributed by atoms with Crippen LogP contribution in [-0.2, 0) is 17.5 Å². The molecule has 5 nitrogen and oxygen atoms in total. The molecule has 0 saturated carbocycles. The number of carboxylic acids is 1. The fraction of sp³-hybridized carbons (Fsp3) is 0.231. The maximum Gasteiger partial charge on any atom is 0.417 e. The molecule has 0 amide bonds. The minimum Gasteiger partial charge on any atom is -0.478 e. The molecular formula is C13H11F3N2O3. The van der Waals surface area contributed by atoms with Crippen LogP contribution in [0.4, 0.5) is 13.2 Å². The van der Waals surface area contributed by atoms with Crippen LogP contribution in [0.3, 0.4) is 0 Å². The second kappa shape index (κ2) is 5.57. The first-order chi connectivity index (χ1) is 9.77. The van der Waals surface area contributed by atoms with E-state index in [1.54, 1.807) is 0 Å². The number of carboxylic acid groups (broad SMARTS) is 1. The zero-order valence-corrected chi connectivity index (χ0v) is 10.6. The molecule has 0 atom stereocenters. The van der Waals surface area contributed by atoms with Crippen LogP contribution in [0, 0.1) is 0 Å². The molecule has 0 spiro atoms. The summed E-state index contributed by atoms with van der Waals surface area (Å²) in [5.74, 6) is -1.76. The van der Waals surface area contributed by atoms with E-state index < -0.39 is 23.3 Å². The topological polar surface area (TPSA) is 69.6 Å². The van der Waals surface area contributed by atoms with Gasteiger partial charge in [-0.15, -0.1) is 0 Å². The number of hydrazine groups is 1. The first-order valence-electron chi connectivity index (χ1n) is 5.92. The maximum absolute atomic E-state index is 12.7. The quantitative estimate of drug-likeness (QED) is 0.891. The predicted molar refractivity (Wildman–Crippen MR) is 66.1 cm³/mol. The number of benzene rings is 1. The number of alkyl halides is 3. The van der Waals surface area contributed by atoms with Gasteiger partial charge in [0.1, 0.15) is 0 Å². The lowest BCUT2D eigenvalue weighted by atomic mass is 10.0. The SMILES string of the molecule is O=C1C=CN(Cc2ccc(C(F)(F)F)c(C(=O)O)c2)NC1. The molecule has 0 fully saturated rings. The molecule has 0 aliphatic carbocycles. The molecule has 8 heteroatoms. The van der Waals surface area contributed by atoms with Gasteiger partial charge in [-0.05, 0) is 23.8 Å². The molecule has 0 radical (unpaired) electrons. The van der Waals surface area contributed by atoms with Crippen molar-refractivity contribution in [3.8, 4) is 0 Å². The van der Waals surface area contributed by atoms with Gasteiger partial charge in [0.05, 0.1) is 24.2 Å². The van der Waals surface area contributed by atoms with Gasteiger partial charge in [0.15, 0.2) is 5.78 Å². The molecule has 1 aliphatic heterocycles. The monoisotopic (exact) mass is 300 g/mol. The van der Waals surface area contributed by atoms with Crippen molar-refractivity contribution in [3.05, 3.63) is 47.2 Å². The average molecular weight is 300 g/mol. The lowest BCUT2D eigenvalue weighted by Gasteiger charge is -2.24. The van der Waals surface area contributed by atoms with E-state index in [2.05, 4.69) is 5.43 Å². The zero-order chi connectivity index (χ0) is 15.6. The van der Waals surface area contributed by atoms with Crippen molar-refractivity contribution in [1.29, 1.82) is 0 Å².